The molecule has 0 saturated heterocycles. The van der Waals surface area contributed by atoms with Crippen molar-refractivity contribution in [2.75, 3.05) is 0 Å². The predicted octanol–water partition coefficient (Wildman–Crippen LogP) is 2.63. The van der Waals surface area contributed by atoms with E-state index in [1.54, 1.807) is 54.9 Å². The molecule has 1 atom stereocenters. The van der Waals surface area contributed by atoms with Gasteiger partial charge in [0.25, 0.3) is 10.0 Å². The molecule has 2 aromatic rings. The number of ketones is 1. The summed E-state index contributed by atoms with van der Waals surface area (Å²) in [5.74, 6) is 0.0189. The largest absolute Gasteiger partial charge is 0.322 e. The van der Waals surface area contributed by atoms with Crippen molar-refractivity contribution in [1.82, 2.24) is 4.57 Å². The molecule has 0 saturated carbocycles. The first kappa shape index (κ1) is 17.1. The average molecular weight is 332 g/mol. The van der Waals surface area contributed by atoms with Gasteiger partial charge < -0.3 is 4.57 Å². The molecule has 0 radical (unpaired) electrons. The zero-order valence-corrected chi connectivity index (χ0v) is 14.2. The van der Waals surface area contributed by atoms with Crippen LogP contribution in [0.1, 0.15) is 31.9 Å². The van der Waals surface area contributed by atoms with Crippen molar-refractivity contribution in [1.29, 1.82) is 0 Å². The fraction of sp³-hybridized carbons (Fsp3) is 0.294. The third kappa shape index (κ3) is 3.96. The van der Waals surface area contributed by atoms with Crippen LogP contribution in [0.2, 0.25) is 0 Å². The Morgan fingerprint density at radius 2 is 1.83 bits per heavy atom. The molecule has 6 heteroatoms. The number of benzene rings is 1. The number of hydrogen-bond acceptors (Lipinski definition) is 3. The van der Waals surface area contributed by atoms with E-state index in [2.05, 4.69) is 4.40 Å². The van der Waals surface area contributed by atoms with Gasteiger partial charge in [-0.2, -0.15) is 8.42 Å². The summed E-state index contributed by atoms with van der Waals surface area (Å²) in [6.45, 7) is 5.41. The van der Waals surface area contributed by atoms with Crippen molar-refractivity contribution in [3.8, 4) is 0 Å². The lowest BCUT2D eigenvalue weighted by Crippen LogP contribution is -2.28. The van der Waals surface area contributed by atoms with Crippen molar-refractivity contribution in [3.63, 3.8) is 0 Å². The number of aryl methyl sites for hydroxylation is 1. The third-order valence-corrected chi connectivity index (χ3v) is 4.93. The number of carbonyl (C=O) groups excluding carboxylic acids is 1. The van der Waals surface area contributed by atoms with Gasteiger partial charge in [-0.1, -0.05) is 30.7 Å². The minimum atomic E-state index is -3.83. The Bertz CT molecular complexity index is 865. The normalized spacial score (nSPS) is 13.8. The molecule has 23 heavy (non-hydrogen) atoms. The molecular weight excluding hydrogens is 312 g/mol. The summed E-state index contributed by atoms with van der Waals surface area (Å²) in [6, 6.07) is 11.1. The Morgan fingerprint density at radius 3 is 2.43 bits per heavy atom. The summed E-state index contributed by atoms with van der Waals surface area (Å²) >= 11 is 0. The van der Waals surface area contributed by atoms with Gasteiger partial charge in [-0.3, -0.25) is 4.79 Å². The minimum Gasteiger partial charge on any atom is -0.322 e. The highest BCUT2D eigenvalue weighted by Gasteiger charge is 2.16. The van der Waals surface area contributed by atoms with E-state index in [-0.39, 0.29) is 16.2 Å². The lowest BCUT2D eigenvalue weighted by molar-refractivity contribution is -0.121. The smallest absolute Gasteiger partial charge is 0.284 e. The van der Waals surface area contributed by atoms with Gasteiger partial charge in [0.05, 0.1) is 10.9 Å². The minimum absolute atomic E-state index is 0.0189. The van der Waals surface area contributed by atoms with Crippen molar-refractivity contribution in [2.45, 2.75) is 38.1 Å². The van der Waals surface area contributed by atoms with Gasteiger partial charge in [0.1, 0.15) is 5.49 Å². The summed E-state index contributed by atoms with van der Waals surface area (Å²) in [5, 5.41) is 0. The van der Waals surface area contributed by atoms with Gasteiger partial charge in [0, 0.05) is 12.6 Å². The molecule has 1 unspecified atom stereocenters. The van der Waals surface area contributed by atoms with E-state index < -0.39 is 16.1 Å². The molecule has 0 aliphatic rings. The zero-order valence-electron chi connectivity index (χ0n) is 13.4. The standard InChI is InChI=1S/C17H20N2O3S/c1-4-16(20)14(3)19-12-6-5-7-17(19)18-23(21,22)15-10-8-13(2)9-11-15/h5-12,14H,4H2,1-3H3. The molecule has 1 aromatic heterocycles. The van der Waals surface area contributed by atoms with Crippen LogP contribution < -0.4 is 5.49 Å². The van der Waals surface area contributed by atoms with Gasteiger partial charge in [-0.25, -0.2) is 0 Å². The zero-order chi connectivity index (χ0) is 17.0. The monoisotopic (exact) mass is 332 g/mol. The Kier molecular flexibility index (Phi) is 5.15. The first-order valence-electron chi connectivity index (χ1n) is 7.42. The average Bonchev–Trinajstić information content (AvgIpc) is 2.54. The molecule has 0 aliphatic heterocycles. The van der Waals surface area contributed by atoms with Crippen LogP contribution >= 0.6 is 0 Å². The van der Waals surface area contributed by atoms with Gasteiger partial charge in [0.2, 0.25) is 0 Å². The number of sulfonamides is 1. The maximum atomic E-state index is 12.5. The number of nitrogens with zero attached hydrogens (tertiary/aromatic N) is 2. The highest BCUT2D eigenvalue weighted by atomic mass is 32.2. The first-order chi connectivity index (χ1) is 10.8. The molecule has 0 N–H and O–H groups in total. The van der Waals surface area contributed by atoms with Crippen LogP contribution in [0.25, 0.3) is 0 Å². The second-order valence-corrected chi connectivity index (χ2v) is 6.95. The molecule has 1 aromatic carbocycles. The van der Waals surface area contributed by atoms with E-state index in [4.69, 9.17) is 0 Å². The molecule has 0 bridgehead atoms. The van der Waals surface area contributed by atoms with Gasteiger partial charge in [-0.15, -0.1) is 4.40 Å². The second-order valence-electron chi connectivity index (χ2n) is 5.34. The van der Waals surface area contributed by atoms with Crippen molar-refractivity contribution < 1.29 is 13.2 Å². The van der Waals surface area contributed by atoms with Crippen LogP contribution in [-0.2, 0) is 14.8 Å². The van der Waals surface area contributed by atoms with Gasteiger partial charge in [-0.05, 0) is 38.1 Å². The number of rotatable bonds is 5. The molecule has 0 spiro atoms. The SMILES string of the molecule is CCC(=O)C(C)n1ccccc1=NS(=O)(=O)c1ccc(C)cc1. The van der Waals surface area contributed by atoms with Crippen LogP contribution in [-0.4, -0.2) is 18.8 Å². The summed E-state index contributed by atoms with van der Waals surface area (Å²) in [5.41, 5.74) is 1.21. The van der Waals surface area contributed by atoms with E-state index in [1.807, 2.05) is 6.92 Å². The lowest BCUT2D eigenvalue weighted by Gasteiger charge is -2.14. The third-order valence-electron chi connectivity index (χ3n) is 3.63. The number of hydrogen-bond donors (Lipinski definition) is 0. The molecule has 0 aliphatic carbocycles. The molecule has 0 amide bonds. The van der Waals surface area contributed by atoms with E-state index in [0.717, 1.165) is 5.56 Å². The Hall–Kier alpha value is -2.21. The Morgan fingerprint density at radius 1 is 1.17 bits per heavy atom. The van der Waals surface area contributed by atoms with E-state index in [0.29, 0.717) is 6.42 Å². The van der Waals surface area contributed by atoms with Crippen LogP contribution in [0.5, 0.6) is 0 Å². The highest BCUT2D eigenvalue weighted by Crippen LogP contribution is 2.13. The summed E-state index contributed by atoms with van der Waals surface area (Å²) in [7, 11) is -3.83. The van der Waals surface area contributed by atoms with Crippen molar-refractivity contribution in [2.24, 2.45) is 4.40 Å². The van der Waals surface area contributed by atoms with Crippen LogP contribution in [0, 0.1) is 6.92 Å². The number of aromatic nitrogens is 1. The second kappa shape index (κ2) is 6.91. The lowest BCUT2D eigenvalue weighted by atomic mass is 10.1. The van der Waals surface area contributed by atoms with E-state index >= 15 is 0 Å². The summed E-state index contributed by atoms with van der Waals surface area (Å²) in [4.78, 5) is 12.1. The van der Waals surface area contributed by atoms with Crippen LogP contribution in [0.4, 0.5) is 0 Å². The summed E-state index contributed by atoms with van der Waals surface area (Å²) in [6.07, 6.45) is 2.05. The van der Waals surface area contributed by atoms with Crippen LogP contribution in [0.3, 0.4) is 0 Å². The Balaban J connectivity index is 2.55. The van der Waals surface area contributed by atoms with Crippen LogP contribution in [0.15, 0.2) is 58.0 Å². The molecule has 5 nitrogen and oxygen atoms in total. The fourth-order valence-electron chi connectivity index (χ4n) is 2.19. The van der Waals surface area contributed by atoms with E-state index in [1.165, 1.54) is 12.1 Å². The molecule has 1 heterocycles. The summed E-state index contributed by atoms with van der Waals surface area (Å²) < 4.78 is 30.4. The molecule has 0 fully saturated rings. The topological polar surface area (TPSA) is 68.5 Å². The number of carbonyl (C=O) groups is 1. The highest BCUT2D eigenvalue weighted by molar-refractivity contribution is 7.90. The quantitative estimate of drug-likeness (QED) is 0.845. The molecule has 2 rings (SSSR count). The van der Waals surface area contributed by atoms with Gasteiger partial charge >= 0.3 is 0 Å². The predicted molar refractivity (Wildman–Crippen MR) is 88.4 cm³/mol. The van der Waals surface area contributed by atoms with Gasteiger partial charge in [0.15, 0.2) is 5.78 Å². The Labute approximate surface area is 136 Å². The van der Waals surface area contributed by atoms with Crippen molar-refractivity contribution >= 4 is 15.8 Å². The molecule has 122 valence electrons. The fourth-order valence-corrected chi connectivity index (χ4v) is 3.17. The maximum Gasteiger partial charge on any atom is 0.284 e. The first-order valence-corrected chi connectivity index (χ1v) is 8.86. The number of pyridine rings is 1. The number of Topliss-reactive ketones (excluding diaryl/α,β-unsaturated/α-hetero) is 1. The maximum absolute atomic E-state index is 12.5. The van der Waals surface area contributed by atoms with E-state index in [9.17, 15) is 13.2 Å². The molecular formula is C17H20N2O3S. The van der Waals surface area contributed by atoms with Crippen molar-refractivity contribution in [3.05, 3.63) is 59.7 Å².